The van der Waals surface area contributed by atoms with Gasteiger partial charge in [-0.05, 0) is 83.8 Å². The lowest BCUT2D eigenvalue weighted by atomic mass is 10.1. The van der Waals surface area contributed by atoms with Gasteiger partial charge in [0.15, 0.2) is 0 Å². The lowest BCUT2D eigenvalue weighted by Gasteiger charge is -2.24. The number of carbonyl (C=O) groups excluding carboxylic acids is 3. The number of hydrogen-bond acceptors (Lipinski definition) is 4. The predicted octanol–water partition coefficient (Wildman–Crippen LogP) is 8.42. The number of hydrogen-bond donors (Lipinski definition) is 2. The van der Waals surface area contributed by atoms with E-state index in [1.54, 1.807) is 30.3 Å². The average molecular weight is 707 g/mol. The zero-order chi connectivity index (χ0) is 32.8. The number of para-hydroxylation sites is 1. The van der Waals surface area contributed by atoms with Crippen molar-refractivity contribution in [2.45, 2.75) is 16.6 Å². The van der Waals surface area contributed by atoms with Crippen LogP contribution in [0.15, 0.2) is 142 Å². The van der Waals surface area contributed by atoms with Gasteiger partial charge in [0.25, 0.3) is 11.8 Å². The normalized spacial score (nSPS) is 13.1. The Hall–Kier alpha value is -4.99. The van der Waals surface area contributed by atoms with E-state index in [1.165, 1.54) is 36.0 Å². The highest BCUT2D eigenvalue weighted by molar-refractivity contribution is 9.10. The summed E-state index contributed by atoms with van der Waals surface area (Å²) in [5, 5.41) is 4.92. The molecule has 5 aromatic carbocycles. The maximum atomic E-state index is 14.3. The van der Waals surface area contributed by atoms with Crippen LogP contribution in [0.2, 0.25) is 0 Å². The summed E-state index contributed by atoms with van der Waals surface area (Å²) in [5.74, 6) is -2.01. The van der Waals surface area contributed by atoms with E-state index in [1.807, 2.05) is 77.7 Å². The van der Waals surface area contributed by atoms with Crippen molar-refractivity contribution >= 4 is 62.9 Å². The van der Waals surface area contributed by atoms with E-state index in [0.717, 1.165) is 32.6 Å². The molecule has 5 aromatic rings. The zero-order valence-corrected chi connectivity index (χ0v) is 27.4. The minimum absolute atomic E-state index is 0.0110. The summed E-state index contributed by atoms with van der Waals surface area (Å²) in [7, 11) is 0. The van der Waals surface area contributed by atoms with Gasteiger partial charge in [0.2, 0.25) is 5.91 Å². The molecule has 9 heteroatoms. The maximum Gasteiger partial charge on any atom is 0.272 e. The van der Waals surface area contributed by atoms with Gasteiger partial charge in [-0.1, -0.05) is 88.7 Å². The van der Waals surface area contributed by atoms with Crippen LogP contribution >= 0.6 is 27.7 Å². The molecule has 1 aliphatic heterocycles. The SMILES string of the molecule is O=C(Nc1ccc(S[C@H](C(=O)N2CCc3ccccc32)c2ccccc2)cc1)/C(=C\c1ccc(Br)cc1)NC(=O)c1ccccc1F. The smallest absolute Gasteiger partial charge is 0.272 e. The van der Waals surface area contributed by atoms with Crippen molar-refractivity contribution in [2.75, 3.05) is 16.8 Å². The number of carbonyl (C=O) groups is 3. The van der Waals surface area contributed by atoms with E-state index >= 15 is 0 Å². The van der Waals surface area contributed by atoms with Gasteiger partial charge < -0.3 is 15.5 Å². The fraction of sp³-hybridized carbons (Fsp3) is 0.0789. The maximum absolute atomic E-state index is 14.3. The Kier molecular flexibility index (Phi) is 9.94. The van der Waals surface area contributed by atoms with Crippen LogP contribution in [0.3, 0.4) is 0 Å². The van der Waals surface area contributed by atoms with Gasteiger partial charge in [0, 0.05) is 27.3 Å². The van der Waals surface area contributed by atoms with E-state index in [2.05, 4.69) is 32.6 Å². The first kappa shape index (κ1) is 32.0. The second kappa shape index (κ2) is 14.6. The van der Waals surface area contributed by atoms with Crippen LogP contribution in [0.4, 0.5) is 15.8 Å². The van der Waals surface area contributed by atoms with Crippen molar-refractivity contribution in [3.05, 3.63) is 166 Å². The van der Waals surface area contributed by atoms with Gasteiger partial charge in [-0.2, -0.15) is 0 Å². The van der Waals surface area contributed by atoms with Crippen molar-refractivity contribution in [3.63, 3.8) is 0 Å². The molecule has 0 radical (unpaired) electrons. The lowest BCUT2D eigenvalue weighted by molar-refractivity contribution is -0.118. The summed E-state index contributed by atoms with van der Waals surface area (Å²) in [4.78, 5) is 43.1. The number of rotatable bonds is 9. The Morgan fingerprint density at radius 2 is 1.49 bits per heavy atom. The number of halogens is 2. The van der Waals surface area contributed by atoms with Crippen molar-refractivity contribution in [3.8, 4) is 0 Å². The number of nitrogens with zero attached hydrogens (tertiary/aromatic N) is 1. The van der Waals surface area contributed by atoms with E-state index in [4.69, 9.17) is 0 Å². The van der Waals surface area contributed by atoms with Crippen LogP contribution in [0, 0.1) is 5.82 Å². The highest BCUT2D eigenvalue weighted by Crippen LogP contribution is 2.40. The fourth-order valence-corrected chi connectivity index (χ4v) is 6.62. The molecule has 3 amide bonds. The third kappa shape index (κ3) is 7.70. The molecule has 0 saturated heterocycles. The predicted molar refractivity (Wildman–Crippen MR) is 189 cm³/mol. The molecule has 47 heavy (non-hydrogen) atoms. The molecule has 1 heterocycles. The first-order valence-corrected chi connectivity index (χ1v) is 16.6. The topological polar surface area (TPSA) is 78.5 Å². The van der Waals surface area contributed by atoms with E-state index in [-0.39, 0.29) is 17.2 Å². The van der Waals surface area contributed by atoms with Crippen LogP contribution in [0.25, 0.3) is 6.08 Å². The molecule has 0 spiro atoms. The first-order valence-electron chi connectivity index (χ1n) is 14.9. The molecule has 0 bridgehead atoms. The molecule has 1 aliphatic rings. The monoisotopic (exact) mass is 705 g/mol. The molecule has 0 saturated carbocycles. The summed E-state index contributed by atoms with van der Waals surface area (Å²) in [5.41, 5.74) is 3.93. The van der Waals surface area contributed by atoms with Crippen LogP contribution in [0.5, 0.6) is 0 Å². The molecule has 0 unspecified atom stereocenters. The second-order valence-electron chi connectivity index (χ2n) is 10.8. The van der Waals surface area contributed by atoms with Gasteiger partial charge in [0.05, 0.1) is 5.56 Å². The molecule has 0 aliphatic carbocycles. The highest BCUT2D eigenvalue weighted by Gasteiger charge is 2.31. The third-order valence-electron chi connectivity index (χ3n) is 7.64. The lowest BCUT2D eigenvalue weighted by Crippen LogP contribution is -2.32. The van der Waals surface area contributed by atoms with Crippen molar-refractivity contribution in [1.82, 2.24) is 5.32 Å². The second-order valence-corrected chi connectivity index (χ2v) is 12.9. The van der Waals surface area contributed by atoms with Crippen molar-refractivity contribution < 1.29 is 18.8 Å². The van der Waals surface area contributed by atoms with Gasteiger partial charge in [-0.25, -0.2) is 4.39 Å². The Morgan fingerprint density at radius 1 is 0.809 bits per heavy atom. The molecule has 2 N–H and O–H groups in total. The number of thioether (sulfide) groups is 1. The number of anilines is 2. The Bertz CT molecular complexity index is 1950. The van der Waals surface area contributed by atoms with Crippen LogP contribution in [0.1, 0.15) is 32.3 Å². The zero-order valence-electron chi connectivity index (χ0n) is 25.0. The molecule has 234 valence electrons. The standard InChI is InChI=1S/C38H29BrFN3O3S/c39-28-16-14-25(15-17-28)24-33(42-36(44)31-11-5-6-12-32(31)40)37(45)41-29-18-20-30(21-19-29)47-35(27-9-2-1-3-10-27)38(46)43-23-22-26-8-4-7-13-34(26)43/h1-21,24,35H,22-23H2,(H,41,45)(H,42,44)/b33-24+/t35-/m0/s1. The number of benzene rings is 5. The molecule has 1 atom stereocenters. The molecular weight excluding hydrogens is 677 g/mol. The summed E-state index contributed by atoms with van der Waals surface area (Å²) in [6.45, 7) is 0.636. The number of fused-ring (bicyclic) bond motifs is 1. The van der Waals surface area contributed by atoms with E-state index in [0.29, 0.717) is 17.8 Å². The first-order chi connectivity index (χ1) is 22.9. The van der Waals surface area contributed by atoms with Crippen LogP contribution in [-0.2, 0) is 16.0 Å². The number of nitrogens with one attached hydrogen (secondary N) is 2. The molecule has 6 nitrogen and oxygen atoms in total. The average Bonchev–Trinajstić information content (AvgIpc) is 3.53. The van der Waals surface area contributed by atoms with Crippen LogP contribution in [-0.4, -0.2) is 24.3 Å². The van der Waals surface area contributed by atoms with Gasteiger partial charge in [-0.3, -0.25) is 14.4 Å². The van der Waals surface area contributed by atoms with Crippen LogP contribution < -0.4 is 15.5 Å². The van der Waals surface area contributed by atoms with E-state index < -0.39 is 22.9 Å². The fourth-order valence-electron chi connectivity index (χ4n) is 5.27. The Labute approximate surface area is 284 Å². The highest BCUT2D eigenvalue weighted by atomic mass is 79.9. The summed E-state index contributed by atoms with van der Waals surface area (Å²) in [6.07, 6.45) is 2.35. The Morgan fingerprint density at radius 3 is 2.23 bits per heavy atom. The molecule has 0 fully saturated rings. The Balaban J connectivity index is 1.20. The van der Waals surface area contributed by atoms with Crippen molar-refractivity contribution in [1.29, 1.82) is 0 Å². The summed E-state index contributed by atoms with van der Waals surface area (Å²) < 4.78 is 15.2. The minimum atomic E-state index is -0.745. The van der Waals surface area contributed by atoms with Gasteiger partial charge >= 0.3 is 0 Å². The molecular formula is C38H29BrFN3O3S. The van der Waals surface area contributed by atoms with Gasteiger partial charge in [0.1, 0.15) is 16.8 Å². The van der Waals surface area contributed by atoms with E-state index in [9.17, 15) is 18.8 Å². The minimum Gasteiger partial charge on any atom is -0.321 e. The molecule has 0 aromatic heterocycles. The largest absolute Gasteiger partial charge is 0.321 e. The van der Waals surface area contributed by atoms with Gasteiger partial charge in [-0.15, -0.1) is 11.8 Å². The summed E-state index contributed by atoms with van der Waals surface area (Å²) >= 11 is 4.84. The quantitative estimate of drug-likeness (QED) is 0.119. The van der Waals surface area contributed by atoms with Crippen molar-refractivity contribution in [2.24, 2.45) is 0 Å². The number of amides is 3. The molecule has 6 rings (SSSR count). The summed E-state index contributed by atoms with van der Waals surface area (Å²) in [6, 6.07) is 37.6. The third-order valence-corrected chi connectivity index (χ3v) is 9.42.